The summed E-state index contributed by atoms with van der Waals surface area (Å²) in [4.78, 5) is 36.6. The predicted octanol–water partition coefficient (Wildman–Crippen LogP) is 1.81. The van der Waals surface area contributed by atoms with Crippen LogP contribution in [0.25, 0.3) is 5.57 Å². The molecule has 0 atom stereocenters. The Morgan fingerprint density at radius 1 is 1.22 bits per heavy atom. The molecule has 1 heterocycles. The lowest BCUT2D eigenvalue weighted by Crippen LogP contribution is -2.32. The van der Waals surface area contributed by atoms with Crippen molar-refractivity contribution >= 4 is 34.8 Å². The molecule has 2 rings (SSSR count). The molecule has 1 aliphatic heterocycles. The van der Waals surface area contributed by atoms with E-state index in [0.717, 1.165) is 11.8 Å². The van der Waals surface area contributed by atoms with E-state index in [1.54, 1.807) is 0 Å². The van der Waals surface area contributed by atoms with Crippen molar-refractivity contribution in [3.63, 3.8) is 0 Å². The molecular formula is C15H16N2O5S. The molecule has 0 spiro atoms. The summed E-state index contributed by atoms with van der Waals surface area (Å²) in [6, 6.07) is 5.54. The van der Waals surface area contributed by atoms with Gasteiger partial charge in [-0.05, 0) is 24.1 Å². The van der Waals surface area contributed by atoms with Gasteiger partial charge in [0.1, 0.15) is 0 Å². The number of nitro groups is 1. The smallest absolute Gasteiger partial charge is 0.269 e. The van der Waals surface area contributed by atoms with E-state index in [2.05, 4.69) is 0 Å². The fourth-order valence-electron chi connectivity index (χ4n) is 2.27. The standard InChI is InChI=1S/C15H16N2O5S/c1-2-7-16-14(19)12(13(15(16)20)23-9-8-18)10-3-5-11(6-4-10)17(21)22/h3-6,18H,2,7-9H2,1H3. The van der Waals surface area contributed by atoms with Crippen LogP contribution in [-0.4, -0.2) is 45.6 Å². The largest absolute Gasteiger partial charge is 0.396 e. The van der Waals surface area contributed by atoms with Gasteiger partial charge in [-0.1, -0.05) is 6.92 Å². The summed E-state index contributed by atoms with van der Waals surface area (Å²) < 4.78 is 0. The summed E-state index contributed by atoms with van der Waals surface area (Å²) in [5, 5.41) is 19.7. The van der Waals surface area contributed by atoms with Gasteiger partial charge >= 0.3 is 0 Å². The summed E-state index contributed by atoms with van der Waals surface area (Å²) in [6.07, 6.45) is 0.642. The van der Waals surface area contributed by atoms with E-state index in [4.69, 9.17) is 5.11 Å². The molecule has 0 saturated heterocycles. The number of rotatable bonds is 7. The van der Waals surface area contributed by atoms with Crippen LogP contribution in [-0.2, 0) is 9.59 Å². The lowest BCUT2D eigenvalue weighted by Gasteiger charge is -2.13. The number of thioether (sulfide) groups is 1. The number of benzene rings is 1. The molecule has 1 aliphatic rings. The molecule has 0 unspecified atom stereocenters. The number of amides is 2. The van der Waals surface area contributed by atoms with Crippen LogP contribution in [0.15, 0.2) is 29.2 Å². The van der Waals surface area contributed by atoms with Crippen molar-refractivity contribution in [3.05, 3.63) is 44.8 Å². The van der Waals surface area contributed by atoms with Crippen molar-refractivity contribution in [3.8, 4) is 0 Å². The first-order chi connectivity index (χ1) is 11.0. The maximum atomic E-state index is 12.5. The summed E-state index contributed by atoms with van der Waals surface area (Å²) >= 11 is 1.12. The summed E-state index contributed by atoms with van der Waals surface area (Å²) in [5.74, 6) is -0.472. The van der Waals surface area contributed by atoms with Crippen molar-refractivity contribution in [1.82, 2.24) is 4.90 Å². The van der Waals surface area contributed by atoms with E-state index in [1.165, 1.54) is 29.2 Å². The molecule has 8 heteroatoms. The molecule has 1 N–H and O–H groups in total. The van der Waals surface area contributed by atoms with Crippen LogP contribution in [0.5, 0.6) is 0 Å². The van der Waals surface area contributed by atoms with Crippen LogP contribution < -0.4 is 0 Å². The SMILES string of the molecule is CCCN1C(=O)C(SCCO)=C(c2ccc([N+](=O)[O-])cc2)C1=O. The second kappa shape index (κ2) is 7.38. The highest BCUT2D eigenvalue weighted by atomic mass is 32.2. The topological polar surface area (TPSA) is 101 Å². The zero-order valence-corrected chi connectivity index (χ0v) is 13.3. The third-order valence-electron chi connectivity index (χ3n) is 3.28. The minimum atomic E-state index is -0.523. The van der Waals surface area contributed by atoms with Crippen molar-refractivity contribution in [1.29, 1.82) is 0 Å². The minimum Gasteiger partial charge on any atom is -0.396 e. The summed E-state index contributed by atoms with van der Waals surface area (Å²) in [6.45, 7) is 2.07. The predicted molar refractivity (Wildman–Crippen MR) is 86.6 cm³/mol. The van der Waals surface area contributed by atoms with Crippen LogP contribution in [0.2, 0.25) is 0 Å². The lowest BCUT2D eigenvalue weighted by atomic mass is 10.1. The first-order valence-corrected chi connectivity index (χ1v) is 8.08. The zero-order chi connectivity index (χ0) is 17.0. The summed E-state index contributed by atoms with van der Waals surface area (Å²) in [7, 11) is 0. The van der Waals surface area contributed by atoms with Crippen molar-refractivity contribution in [2.75, 3.05) is 18.9 Å². The van der Waals surface area contributed by atoms with Gasteiger partial charge in [0.15, 0.2) is 0 Å². The number of hydrogen-bond donors (Lipinski definition) is 1. The van der Waals surface area contributed by atoms with E-state index in [-0.39, 0.29) is 28.7 Å². The summed E-state index contributed by atoms with van der Waals surface area (Å²) in [5.41, 5.74) is 0.630. The highest BCUT2D eigenvalue weighted by Gasteiger charge is 2.38. The third kappa shape index (κ3) is 3.43. The Morgan fingerprint density at radius 2 is 1.87 bits per heavy atom. The van der Waals surface area contributed by atoms with Crippen molar-refractivity contribution < 1.29 is 19.6 Å². The van der Waals surface area contributed by atoms with Gasteiger partial charge in [0.05, 0.1) is 22.0 Å². The molecule has 23 heavy (non-hydrogen) atoms. The average molecular weight is 336 g/mol. The second-order valence-electron chi connectivity index (χ2n) is 4.84. The number of non-ortho nitro benzene ring substituents is 1. The molecule has 2 amide bonds. The number of nitrogens with zero attached hydrogens (tertiary/aromatic N) is 2. The Bertz CT molecular complexity index is 669. The van der Waals surface area contributed by atoms with E-state index < -0.39 is 10.8 Å². The van der Waals surface area contributed by atoms with E-state index in [9.17, 15) is 19.7 Å². The van der Waals surface area contributed by atoms with Gasteiger partial charge in [-0.2, -0.15) is 0 Å². The molecule has 0 aliphatic carbocycles. The van der Waals surface area contributed by atoms with Gasteiger partial charge in [0.2, 0.25) is 0 Å². The highest BCUT2D eigenvalue weighted by molar-refractivity contribution is 8.04. The van der Waals surface area contributed by atoms with E-state index >= 15 is 0 Å². The molecule has 7 nitrogen and oxygen atoms in total. The maximum absolute atomic E-state index is 12.5. The Kier molecular flexibility index (Phi) is 5.51. The Labute approximate surface area is 137 Å². The Balaban J connectivity index is 2.43. The molecule has 0 aromatic heterocycles. The molecule has 0 saturated carbocycles. The fraction of sp³-hybridized carbons (Fsp3) is 0.333. The Morgan fingerprint density at radius 3 is 2.39 bits per heavy atom. The van der Waals surface area contributed by atoms with Crippen LogP contribution in [0.1, 0.15) is 18.9 Å². The van der Waals surface area contributed by atoms with Crippen LogP contribution in [0, 0.1) is 10.1 Å². The first kappa shape index (κ1) is 17.2. The zero-order valence-electron chi connectivity index (χ0n) is 12.5. The normalized spacial score (nSPS) is 14.8. The monoisotopic (exact) mass is 336 g/mol. The minimum absolute atomic E-state index is 0.0823. The molecule has 122 valence electrons. The van der Waals surface area contributed by atoms with Gasteiger partial charge in [-0.3, -0.25) is 24.6 Å². The highest BCUT2D eigenvalue weighted by Crippen LogP contribution is 2.36. The molecule has 1 aromatic carbocycles. The van der Waals surface area contributed by atoms with Crippen molar-refractivity contribution in [2.45, 2.75) is 13.3 Å². The quantitative estimate of drug-likeness (QED) is 0.463. The van der Waals surface area contributed by atoms with Crippen LogP contribution >= 0.6 is 11.8 Å². The number of nitro benzene ring substituents is 1. The number of carbonyl (C=O) groups is 2. The van der Waals surface area contributed by atoms with Crippen LogP contribution in [0.3, 0.4) is 0 Å². The maximum Gasteiger partial charge on any atom is 0.269 e. The first-order valence-electron chi connectivity index (χ1n) is 7.10. The van der Waals surface area contributed by atoms with E-state index in [0.29, 0.717) is 24.3 Å². The molecular weight excluding hydrogens is 320 g/mol. The molecule has 0 fully saturated rings. The van der Waals surface area contributed by atoms with Gasteiger partial charge in [0, 0.05) is 24.4 Å². The average Bonchev–Trinajstić information content (AvgIpc) is 2.77. The number of imide groups is 1. The van der Waals surface area contributed by atoms with Gasteiger partial charge in [0.25, 0.3) is 17.5 Å². The second-order valence-corrected chi connectivity index (χ2v) is 5.95. The fourth-order valence-corrected chi connectivity index (χ4v) is 3.15. The lowest BCUT2D eigenvalue weighted by molar-refractivity contribution is -0.384. The van der Waals surface area contributed by atoms with Gasteiger partial charge in [-0.15, -0.1) is 11.8 Å². The number of aliphatic hydroxyl groups is 1. The van der Waals surface area contributed by atoms with Gasteiger partial charge in [-0.25, -0.2) is 0 Å². The number of aliphatic hydroxyl groups excluding tert-OH is 1. The van der Waals surface area contributed by atoms with Gasteiger partial charge < -0.3 is 5.11 Å². The molecule has 0 bridgehead atoms. The Hall–Kier alpha value is -2.19. The molecule has 0 radical (unpaired) electrons. The number of carbonyl (C=O) groups excluding carboxylic acids is 2. The third-order valence-corrected chi connectivity index (χ3v) is 4.33. The van der Waals surface area contributed by atoms with E-state index in [1.807, 2.05) is 6.92 Å². The van der Waals surface area contributed by atoms with Crippen molar-refractivity contribution in [2.24, 2.45) is 0 Å². The van der Waals surface area contributed by atoms with Crippen LogP contribution in [0.4, 0.5) is 5.69 Å². The molecule has 1 aromatic rings. The number of hydrogen-bond acceptors (Lipinski definition) is 6.